The Hall–Kier alpha value is -1.20. The van der Waals surface area contributed by atoms with E-state index >= 15 is 0 Å². The summed E-state index contributed by atoms with van der Waals surface area (Å²) in [6, 6.07) is 2.23. The van der Waals surface area contributed by atoms with E-state index in [1.54, 1.807) is 6.20 Å². The minimum atomic E-state index is 0.303. The second kappa shape index (κ2) is 6.82. The van der Waals surface area contributed by atoms with Crippen LogP contribution in [0.25, 0.3) is 0 Å². The number of rotatable bonds is 6. The van der Waals surface area contributed by atoms with Crippen molar-refractivity contribution in [1.82, 2.24) is 9.88 Å². The summed E-state index contributed by atoms with van der Waals surface area (Å²) in [5.41, 5.74) is 7.71. The highest BCUT2D eigenvalue weighted by atomic mass is 32.1. The number of nitrogens with zero attached hydrogens (tertiary/aromatic N) is 2. The van der Waals surface area contributed by atoms with Crippen LogP contribution in [0.5, 0.6) is 0 Å². The van der Waals surface area contributed by atoms with Gasteiger partial charge in [0.2, 0.25) is 0 Å². The van der Waals surface area contributed by atoms with Crippen LogP contribution in [0.4, 0.5) is 5.82 Å². The summed E-state index contributed by atoms with van der Waals surface area (Å²) in [6.45, 7) is 7.32. The SMILES string of the molecule is Cc1ccnc(NC(CN(C)C)C(C)C)c1C(N)=S. The Balaban J connectivity index is 3.02. The van der Waals surface area contributed by atoms with Gasteiger partial charge in [0.05, 0.1) is 5.56 Å². The molecule has 1 heterocycles. The first-order valence-electron chi connectivity index (χ1n) is 6.49. The molecule has 0 radical (unpaired) electrons. The van der Waals surface area contributed by atoms with Gasteiger partial charge in [0, 0.05) is 18.8 Å². The molecule has 0 fully saturated rings. The van der Waals surface area contributed by atoms with Gasteiger partial charge >= 0.3 is 0 Å². The van der Waals surface area contributed by atoms with E-state index in [1.807, 2.05) is 13.0 Å². The first kappa shape index (κ1) is 15.9. The molecule has 3 N–H and O–H groups in total. The molecular weight excluding hydrogens is 256 g/mol. The first-order chi connectivity index (χ1) is 8.82. The molecule has 0 bridgehead atoms. The summed E-state index contributed by atoms with van der Waals surface area (Å²) in [7, 11) is 4.13. The molecule has 19 heavy (non-hydrogen) atoms. The van der Waals surface area contributed by atoms with E-state index < -0.39 is 0 Å². The number of likely N-dealkylation sites (N-methyl/N-ethyl adjacent to an activating group) is 1. The summed E-state index contributed by atoms with van der Waals surface area (Å²) in [5, 5.41) is 3.48. The molecule has 4 nitrogen and oxygen atoms in total. The van der Waals surface area contributed by atoms with Gasteiger partial charge < -0.3 is 16.0 Å². The molecular formula is C14H24N4S. The maximum atomic E-state index is 5.81. The first-order valence-corrected chi connectivity index (χ1v) is 6.90. The molecule has 0 saturated carbocycles. The third-order valence-corrected chi connectivity index (χ3v) is 3.30. The lowest BCUT2D eigenvalue weighted by Gasteiger charge is -2.27. The molecule has 0 spiro atoms. The lowest BCUT2D eigenvalue weighted by atomic mass is 10.0. The molecule has 0 aliphatic heterocycles. The highest BCUT2D eigenvalue weighted by Gasteiger charge is 2.18. The average Bonchev–Trinajstić information content (AvgIpc) is 2.26. The molecule has 0 aliphatic rings. The number of nitrogens with two attached hydrogens (primary N) is 1. The van der Waals surface area contributed by atoms with Gasteiger partial charge in [-0.2, -0.15) is 0 Å². The zero-order chi connectivity index (χ0) is 14.6. The standard InChI is InChI=1S/C14H24N4S/c1-9(2)11(8-18(4)5)17-14-12(13(15)19)10(3)6-7-16-14/h6-7,9,11H,8H2,1-5H3,(H2,15,19)(H,16,17). The normalized spacial score (nSPS) is 12.8. The summed E-state index contributed by atoms with van der Waals surface area (Å²) >= 11 is 5.13. The van der Waals surface area contributed by atoms with Gasteiger partial charge in [-0.3, -0.25) is 0 Å². The molecule has 1 aromatic rings. The highest BCUT2D eigenvalue weighted by Crippen LogP contribution is 2.19. The Morgan fingerprint density at radius 2 is 2.11 bits per heavy atom. The van der Waals surface area contributed by atoms with Gasteiger partial charge in [-0.25, -0.2) is 4.98 Å². The largest absolute Gasteiger partial charge is 0.389 e. The molecule has 1 rings (SSSR count). The van der Waals surface area contributed by atoms with Crippen LogP contribution < -0.4 is 11.1 Å². The van der Waals surface area contributed by atoms with Crippen molar-refractivity contribution in [3.63, 3.8) is 0 Å². The fourth-order valence-corrected chi connectivity index (χ4v) is 2.23. The lowest BCUT2D eigenvalue weighted by Crippen LogP contribution is -2.37. The van der Waals surface area contributed by atoms with Crippen molar-refractivity contribution in [2.75, 3.05) is 26.0 Å². The molecule has 0 aliphatic carbocycles. The molecule has 1 atom stereocenters. The topological polar surface area (TPSA) is 54.2 Å². The van der Waals surface area contributed by atoms with Gasteiger partial charge in [-0.1, -0.05) is 26.1 Å². The van der Waals surface area contributed by atoms with E-state index in [0.717, 1.165) is 23.5 Å². The quantitative estimate of drug-likeness (QED) is 0.781. The van der Waals surface area contributed by atoms with Crippen LogP contribution >= 0.6 is 12.2 Å². The Kier molecular flexibility index (Phi) is 5.69. The minimum Gasteiger partial charge on any atom is -0.389 e. The number of nitrogens with one attached hydrogen (secondary N) is 1. The van der Waals surface area contributed by atoms with Crippen LogP contribution in [0.15, 0.2) is 12.3 Å². The number of thiocarbonyl (C=S) groups is 1. The van der Waals surface area contributed by atoms with Crippen LogP contribution in [-0.2, 0) is 0 Å². The lowest BCUT2D eigenvalue weighted by molar-refractivity contribution is 0.344. The second-order valence-electron chi connectivity index (χ2n) is 5.47. The minimum absolute atomic E-state index is 0.303. The van der Waals surface area contributed by atoms with E-state index in [-0.39, 0.29) is 0 Å². The average molecular weight is 280 g/mol. The van der Waals surface area contributed by atoms with Crippen LogP contribution in [0.2, 0.25) is 0 Å². The molecule has 0 saturated heterocycles. The van der Waals surface area contributed by atoms with Crippen molar-refractivity contribution in [2.24, 2.45) is 11.7 Å². The Morgan fingerprint density at radius 1 is 1.47 bits per heavy atom. The molecule has 1 unspecified atom stereocenters. The van der Waals surface area contributed by atoms with E-state index in [4.69, 9.17) is 18.0 Å². The fraction of sp³-hybridized carbons (Fsp3) is 0.571. The maximum absolute atomic E-state index is 5.81. The van der Waals surface area contributed by atoms with Gasteiger partial charge in [-0.15, -0.1) is 0 Å². The van der Waals surface area contributed by atoms with E-state index in [1.165, 1.54) is 0 Å². The number of pyridine rings is 1. The van der Waals surface area contributed by atoms with Crippen LogP contribution in [0, 0.1) is 12.8 Å². The second-order valence-corrected chi connectivity index (χ2v) is 5.91. The number of aryl methyl sites for hydroxylation is 1. The molecule has 5 heteroatoms. The smallest absolute Gasteiger partial charge is 0.136 e. The molecule has 106 valence electrons. The predicted octanol–water partition coefficient (Wildman–Crippen LogP) is 2.02. The third-order valence-electron chi connectivity index (χ3n) is 3.09. The summed E-state index contributed by atoms with van der Waals surface area (Å²) < 4.78 is 0. The van der Waals surface area contributed by atoms with Gasteiger partial charge in [-0.05, 0) is 38.6 Å². The number of anilines is 1. The van der Waals surface area contributed by atoms with Gasteiger partial charge in [0.1, 0.15) is 10.8 Å². The highest BCUT2D eigenvalue weighted by molar-refractivity contribution is 7.80. The van der Waals surface area contributed by atoms with E-state index in [9.17, 15) is 0 Å². The van der Waals surface area contributed by atoms with Crippen LogP contribution in [-0.4, -0.2) is 41.6 Å². The van der Waals surface area contributed by atoms with Crippen molar-refractivity contribution in [3.05, 3.63) is 23.4 Å². The zero-order valence-corrected chi connectivity index (χ0v) is 13.2. The van der Waals surface area contributed by atoms with Crippen molar-refractivity contribution in [2.45, 2.75) is 26.8 Å². The molecule has 0 aromatic carbocycles. The number of hydrogen-bond acceptors (Lipinski definition) is 4. The Morgan fingerprint density at radius 3 is 2.58 bits per heavy atom. The fourth-order valence-electron chi connectivity index (χ4n) is 1.97. The van der Waals surface area contributed by atoms with Crippen molar-refractivity contribution in [1.29, 1.82) is 0 Å². The summed E-state index contributed by atoms with van der Waals surface area (Å²) in [6.07, 6.45) is 1.78. The number of aromatic nitrogens is 1. The predicted molar refractivity (Wildman–Crippen MR) is 85.7 cm³/mol. The van der Waals surface area contributed by atoms with Gasteiger partial charge in [0.15, 0.2) is 0 Å². The van der Waals surface area contributed by atoms with Crippen molar-refractivity contribution in [3.8, 4) is 0 Å². The number of hydrogen-bond donors (Lipinski definition) is 2. The van der Waals surface area contributed by atoms with Crippen LogP contribution in [0.1, 0.15) is 25.0 Å². The van der Waals surface area contributed by atoms with E-state index in [0.29, 0.717) is 16.9 Å². The summed E-state index contributed by atoms with van der Waals surface area (Å²) in [4.78, 5) is 6.94. The van der Waals surface area contributed by atoms with Crippen LogP contribution in [0.3, 0.4) is 0 Å². The van der Waals surface area contributed by atoms with Crippen molar-refractivity contribution < 1.29 is 0 Å². The molecule has 0 amide bonds. The maximum Gasteiger partial charge on any atom is 0.136 e. The molecule has 1 aromatic heterocycles. The summed E-state index contributed by atoms with van der Waals surface area (Å²) in [5.74, 6) is 1.27. The third kappa shape index (κ3) is 4.44. The Bertz CT molecular complexity index is 443. The zero-order valence-electron chi connectivity index (χ0n) is 12.4. The monoisotopic (exact) mass is 280 g/mol. The van der Waals surface area contributed by atoms with Gasteiger partial charge in [0.25, 0.3) is 0 Å². The van der Waals surface area contributed by atoms with E-state index in [2.05, 4.69) is 43.1 Å². The Labute approximate surface area is 121 Å². The van der Waals surface area contributed by atoms with Crippen molar-refractivity contribution >= 4 is 23.0 Å².